The Morgan fingerprint density at radius 1 is 0.789 bits per heavy atom. The van der Waals surface area contributed by atoms with E-state index in [2.05, 4.69) is 87.3 Å². The number of hydrogen-bond acceptors (Lipinski definition) is 0. The van der Waals surface area contributed by atoms with Gasteiger partial charge in [0.1, 0.15) is 16.1 Å². The number of benzene rings is 1. The summed E-state index contributed by atoms with van der Waals surface area (Å²) in [6.07, 6.45) is 0. The molecule has 1 aromatic carbocycles. The SMILES string of the molecule is Cc1cc(C#C[Si](C)(C)C)ccc1C#C[Si](C)(C)C. The fraction of sp³-hybridized carbons (Fsp3) is 0.412. The van der Waals surface area contributed by atoms with Crippen LogP contribution in [-0.4, -0.2) is 16.1 Å². The Morgan fingerprint density at radius 3 is 1.79 bits per heavy atom. The molecule has 0 fully saturated rings. The van der Waals surface area contributed by atoms with Crippen LogP contribution in [0.2, 0.25) is 39.3 Å². The zero-order valence-electron chi connectivity index (χ0n) is 13.2. The van der Waals surface area contributed by atoms with Gasteiger partial charge in [-0.15, -0.1) is 11.1 Å². The standard InChI is InChI=1S/C17H24Si2/c1-15-14-16(10-12-18(2,3)4)8-9-17(15)11-13-19(5,6)7/h8-9,14H,1-7H3. The van der Waals surface area contributed by atoms with Crippen molar-refractivity contribution < 1.29 is 0 Å². The summed E-state index contributed by atoms with van der Waals surface area (Å²) in [6, 6.07) is 6.35. The van der Waals surface area contributed by atoms with E-state index in [0.29, 0.717) is 0 Å². The third-order valence-electron chi connectivity index (χ3n) is 2.38. The van der Waals surface area contributed by atoms with E-state index in [1.54, 1.807) is 0 Å². The molecule has 0 nitrogen and oxygen atoms in total. The second kappa shape index (κ2) is 5.82. The molecule has 1 aromatic rings. The van der Waals surface area contributed by atoms with Crippen molar-refractivity contribution in [3.63, 3.8) is 0 Å². The minimum Gasteiger partial charge on any atom is -0.127 e. The summed E-state index contributed by atoms with van der Waals surface area (Å²) in [7, 11) is -2.59. The van der Waals surface area contributed by atoms with Crippen molar-refractivity contribution in [2.24, 2.45) is 0 Å². The van der Waals surface area contributed by atoms with Crippen LogP contribution in [0.25, 0.3) is 0 Å². The molecule has 0 aliphatic carbocycles. The molecule has 0 N–H and O–H groups in total. The van der Waals surface area contributed by atoms with Gasteiger partial charge in [0.2, 0.25) is 0 Å². The van der Waals surface area contributed by atoms with Crippen LogP contribution >= 0.6 is 0 Å². The van der Waals surface area contributed by atoms with E-state index in [9.17, 15) is 0 Å². The lowest BCUT2D eigenvalue weighted by molar-refractivity contribution is 1.42. The van der Waals surface area contributed by atoms with Crippen LogP contribution < -0.4 is 0 Å². The van der Waals surface area contributed by atoms with Crippen LogP contribution in [0.3, 0.4) is 0 Å². The number of aryl methyl sites for hydroxylation is 1. The zero-order chi connectivity index (χ0) is 14.7. The fourth-order valence-corrected chi connectivity index (χ4v) is 2.43. The predicted octanol–water partition coefficient (Wildman–Crippen LogP) is 4.45. The molecule has 19 heavy (non-hydrogen) atoms. The molecule has 2 heteroatoms. The zero-order valence-corrected chi connectivity index (χ0v) is 15.2. The highest BCUT2D eigenvalue weighted by Gasteiger charge is 2.08. The first-order valence-electron chi connectivity index (χ1n) is 6.74. The van der Waals surface area contributed by atoms with E-state index in [1.165, 1.54) is 5.56 Å². The average molecular weight is 285 g/mol. The van der Waals surface area contributed by atoms with Crippen LogP contribution in [0.4, 0.5) is 0 Å². The van der Waals surface area contributed by atoms with E-state index in [4.69, 9.17) is 0 Å². The van der Waals surface area contributed by atoms with Gasteiger partial charge in [-0.3, -0.25) is 0 Å². The second-order valence-corrected chi connectivity index (χ2v) is 16.5. The summed E-state index contributed by atoms with van der Waals surface area (Å²) < 4.78 is 0. The lowest BCUT2D eigenvalue weighted by Crippen LogP contribution is -2.16. The molecule has 0 saturated heterocycles. The van der Waals surface area contributed by atoms with Crippen molar-refractivity contribution in [1.82, 2.24) is 0 Å². The summed E-state index contributed by atoms with van der Waals surface area (Å²) in [5, 5.41) is 0. The minimum absolute atomic E-state index is 1.11. The third-order valence-corrected chi connectivity index (χ3v) is 4.13. The summed E-state index contributed by atoms with van der Waals surface area (Å²) in [6.45, 7) is 15.7. The number of hydrogen-bond donors (Lipinski definition) is 0. The smallest absolute Gasteiger partial charge is 0.127 e. The van der Waals surface area contributed by atoms with Gasteiger partial charge in [-0.1, -0.05) is 51.1 Å². The topological polar surface area (TPSA) is 0 Å². The van der Waals surface area contributed by atoms with Crippen LogP contribution in [0, 0.1) is 29.9 Å². The monoisotopic (exact) mass is 284 g/mol. The van der Waals surface area contributed by atoms with Crippen molar-refractivity contribution in [3.8, 4) is 22.9 Å². The van der Waals surface area contributed by atoms with E-state index >= 15 is 0 Å². The normalized spacial score (nSPS) is 11.1. The molecule has 0 amide bonds. The van der Waals surface area contributed by atoms with Gasteiger partial charge in [-0.25, -0.2) is 0 Å². The molecule has 0 aromatic heterocycles. The van der Waals surface area contributed by atoms with Gasteiger partial charge in [0.15, 0.2) is 0 Å². The Bertz CT molecular complexity index is 576. The second-order valence-electron chi connectivity index (χ2n) is 7.03. The van der Waals surface area contributed by atoms with E-state index in [-0.39, 0.29) is 0 Å². The maximum Gasteiger partial charge on any atom is 0.129 e. The van der Waals surface area contributed by atoms with Crippen molar-refractivity contribution in [2.75, 3.05) is 0 Å². The molecule has 0 atom stereocenters. The Labute approximate surface area is 120 Å². The van der Waals surface area contributed by atoms with Gasteiger partial charge >= 0.3 is 0 Å². The minimum atomic E-state index is -1.30. The fourth-order valence-electron chi connectivity index (χ4n) is 1.40. The molecule has 0 spiro atoms. The molecule has 0 aliphatic rings. The van der Waals surface area contributed by atoms with Crippen molar-refractivity contribution in [2.45, 2.75) is 46.2 Å². The molecular formula is C17H24Si2. The third kappa shape index (κ3) is 6.48. The number of rotatable bonds is 0. The highest BCUT2D eigenvalue weighted by atomic mass is 28.3. The molecule has 0 saturated carbocycles. The first-order chi connectivity index (χ1) is 8.57. The van der Waals surface area contributed by atoms with Crippen LogP contribution in [-0.2, 0) is 0 Å². The van der Waals surface area contributed by atoms with Crippen LogP contribution in [0.1, 0.15) is 16.7 Å². The highest BCUT2D eigenvalue weighted by molar-refractivity contribution is 6.84. The maximum atomic E-state index is 3.41. The highest BCUT2D eigenvalue weighted by Crippen LogP contribution is 2.10. The first kappa shape index (κ1) is 15.8. The van der Waals surface area contributed by atoms with E-state index in [0.717, 1.165) is 11.1 Å². The molecule has 0 radical (unpaired) electrons. The van der Waals surface area contributed by atoms with Crippen molar-refractivity contribution in [1.29, 1.82) is 0 Å². The molecular weight excluding hydrogens is 260 g/mol. The lowest BCUT2D eigenvalue weighted by atomic mass is 10.1. The van der Waals surface area contributed by atoms with Crippen LogP contribution in [0.15, 0.2) is 18.2 Å². The quantitative estimate of drug-likeness (QED) is 0.487. The first-order valence-corrected chi connectivity index (χ1v) is 13.7. The van der Waals surface area contributed by atoms with E-state index < -0.39 is 16.1 Å². The predicted molar refractivity (Wildman–Crippen MR) is 91.6 cm³/mol. The summed E-state index contributed by atoms with van der Waals surface area (Å²) in [5.74, 6) is 6.62. The van der Waals surface area contributed by atoms with Crippen molar-refractivity contribution >= 4 is 16.1 Å². The van der Waals surface area contributed by atoms with Gasteiger partial charge in [-0.2, -0.15) is 0 Å². The molecule has 0 aliphatic heterocycles. The summed E-state index contributed by atoms with van der Waals surface area (Å²) in [5.41, 5.74) is 10.3. The molecule has 0 heterocycles. The summed E-state index contributed by atoms with van der Waals surface area (Å²) >= 11 is 0. The van der Waals surface area contributed by atoms with Crippen molar-refractivity contribution in [3.05, 3.63) is 34.9 Å². The van der Waals surface area contributed by atoms with E-state index in [1.807, 2.05) is 0 Å². The van der Waals surface area contributed by atoms with Gasteiger partial charge in [0.05, 0.1) is 0 Å². The molecule has 100 valence electrons. The molecule has 0 bridgehead atoms. The Kier molecular flexibility index (Phi) is 4.85. The van der Waals surface area contributed by atoms with Gasteiger partial charge in [0, 0.05) is 11.1 Å². The largest absolute Gasteiger partial charge is 0.129 e. The van der Waals surface area contributed by atoms with Crippen LogP contribution in [0.5, 0.6) is 0 Å². The Hall–Kier alpha value is -1.23. The van der Waals surface area contributed by atoms with Gasteiger partial charge in [0.25, 0.3) is 0 Å². The maximum absolute atomic E-state index is 3.41. The lowest BCUT2D eigenvalue weighted by Gasteiger charge is -2.05. The average Bonchev–Trinajstić information content (AvgIpc) is 2.22. The van der Waals surface area contributed by atoms with Gasteiger partial charge in [-0.05, 0) is 30.7 Å². The molecule has 0 unspecified atom stereocenters. The molecule has 1 rings (SSSR count). The Morgan fingerprint density at radius 2 is 1.32 bits per heavy atom. The Balaban J connectivity index is 3.04. The van der Waals surface area contributed by atoms with Gasteiger partial charge < -0.3 is 0 Å². The summed E-state index contributed by atoms with van der Waals surface area (Å²) in [4.78, 5) is 0.